The molecule has 0 N–H and O–H groups in total. The summed E-state index contributed by atoms with van der Waals surface area (Å²) in [5, 5.41) is 0. The molecule has 80 valence electrons. The van der Waals surface area contributed by atoms with E-state index in [0.717, 1.165) is 19.6 Å². The molecule has 2 aliphatic rings. The molecule has 0 saturated carbocycles. The number of likely N-dealkylation sites (tertiary alicyclic amines) is 2. The molecule has 1 amide bonds. The van der Waals surface area contributed by atoms with Crippen LogP contribution >= 0.6 is 0 Å². The second kappa shape index (κ2) is 3.51. The van der Waals surface area contributed by atoms with Gasteiger partial charge in [0.2, 0.25) is 5.91 Å². The Bertz CT molecular complexity index is 236. The van der Waals surface area contributed by atoms with E-state index in [1.54, 1.807) is 7.11 Å². The molecule has 0 radical (unpaired) electrons. The number of carbonyl (C=O) groups is 1. The van der Waals surface area contributed by atoms with Crippen LogP contribution in [0.15, 0.2) is 0 Å². The molecule has 0 aromatic carbocycles. The van der Waals surface area contributed by atoms with E-state index >= 15 is 0 Å². The van der Waals surface area contributed by atoms with Gasteiger partial charge < -0.3 is 14.5 Å². The lowest BCUT2D eigenvalue weighted by Crippen LogP contribution is -2.60. The fraction of sp³-hybridized carbons (Fsp3) is 0.900. The third-order valence-corrected chi connectivity index (χ3v) is 3.30. The fourth-order valence-electron chi connectivity index (χ4n) is 2.57. The molecular formula is C10H18N2O2. The van der Waals surface area contributed by atoms with Gasteiger partial charge in [0.05, 0.1) is 0 Å². The standard InChI is InChI=1S/C10H18N2O2/c1-11-4-3-10(6-11)7-12(8-10)9(13)5-14-2/h3-8H2,1-2H3. The lowest BCUT2D eigenvalue weighted by Gasteiger charge is -2.48. The van der Waals surface area contributed by atoms with Crippen molar-refractivity contribution in [3.63, 3.8) is 0 Å². The second-order valence-electron chi connectivity index (χ2n) is 4.67. The summed E-state index contributed by atoms with van der Waals surface area (Å²) < 4.78 is 4.83. The maximum absolute atomic E-state index is 11.4. The first-order valence-electron chi connectivity index (χ1n) is 5.10. The van der Waals surface area contributed by atoms with Crippen LogP contribution in [0.4, 0.5) is 0 Å². The van der Waals surface area contributed by atoms with Gasteiger partial charge in [0, 0.05) is 32.2 Å². The fourth-order valence-corrected chi connectivity index (χ4v) is 2.57. The summed E-state index contributed by atoms with van der Waals surface area (Å²) in [6.07, 6.45) is 1.24. The highest BCUT2D eigenvalue weighted by Gasteiger charge is 2.48. The van der Waals surface area contributed by atoms with Crippen LogP contribution in [0.25, 0.3) is 0 Å². The molecule has 2 aliphatic heterocycles. The predicted molar refractivity (Wildman–Crippen MR) is 53.0 cm³/mol. The van der Waals surface area contributed by atoms with Crippen molar-refractivity contribution < 1.29 is 9.53 Å². The van der Waals surface area contributed by atoms with Crippen molar-refractivity contribution in [1.29, 1.82) is 0 Å². The van der Waals surface area contributed by atoms with Crippen LogP contribution in [-0.4, -0.2) is 62.7 Å². The molecule has 2 saturated heterocycles. The minimum absolute atomic E-state index is 0.132. The van der Waals surface area contributed by atoms with Crippen molar-refractivity contribution in [1.82, 2.24) is 9.80 Å². The topological polar surface area (TPSA) is 32.8 Å². The highest BCUT2D eigenvalue weighted by Crippen LogP contribution is 2.38. The van der Waals surface area contributed by atoms with Crippen LogP contribution in [0.2, 0.25) is 0 Å². The van der Waals surface area contributed by atoms with Gasteiger partial charge in [0.1, 0.15) is 6.61 Å². The minimum Gasteiger partial charge on any atom is -0.375 e. The Hall–Kier alpha value is -0.610. The highest BCUT2D eigenvalue weighted by atomic mass is 16.5. The van der Waals surface area contributed by atoms with E-state index in [9.17, 15) is 4.79 Å². The summed E-state index contributed by atoms with van der Waals surface area (Å²) in [7, 11) is 3.71. The van der Waals surface area contributed by atoms with Crippen LogP contribution in [-0.2, 0) is 9.53 Å². The van der Waals surface area contributed by atoms with Gasteiger partial charge in [-0.3, -0.25) is 4.79 Å². The van der Waals surface area contributed by atoms with E-state index in [0.29, 0.717) is 5.41 Å². The number of hydrogen-bond donors (Lipinski definition) is 0. The number of nitrogens with zero attached hydrogens (tertiary/aromatic N) is 2. The lowest BCUT2D eigenvalue weighted by atomic mass is 9.79. The summed E-state index contributed by atoms with van der Waals surface area (Å²) >= 11 is 0. The molecular weight excluding hydrogens is 180 g/mol. The van der Waals surface area contributed by atoms with E-state index < -0.39 is 0 Å². The van der Waals surface area contributed by atoms with Crippen molar-refractivity contribution in [2.75, 3.05) is 46.9 Å². The van der Waals surface area contributed by atoms with Crippen molar-refractivity contribution in [3.8, 4) is 0 Å². The molecule has 0 bridgehead atoms. The number of hydrogen-bond acceptors (Lipinski definition) is 3. The molecule has 0 aromatic rings. The number of methoxy groups -OCH3 is 1. The predicted octanol–water partition coefficient (Wildman–Crippen LogP) is -0.203. The van der Waals surface area contributed by atoms with Crippen LogP contribution in [0.5, 0.6) is 0 Å². The molecule has 1 spiro atoms. The van der Waals surface area contributed by atoms with Gasteiger partial charge in [-0.15, -0.1) is 0 Å². The average molecular weight is 198 g/mol. The summed E-state index contributed by atoms with van der Waals surface area (Å²) in [6.45, 7) is 4.40. The van der Waals surface area contributed by atoms with Gasteiger partial charge >= 0.3 is 0 Å². The third kappa shape index (κ3) is 1.64. The van der Waals surface area contributed by atoms with E-state index in [1.165, 1.54) is 13.0 Å². The number of carbonyl (C=O) groups excluding carboxylic acids is 1. The summed E-state index contributed by atoms with van der Waals surface area (Å²) in [5.41, 5.74) is 0.415. The van der Waals surface area contributed by atoms with Gasteiger partial charge in [-0.25, -0.2) is 0 Å². The Morgan fingerprint density at radius 1 is 1.43 bits per heavy atom. The van der Waals surface area contributed by atoms with Gasteiger partial charge in [-0.1, -0.05) is 0 Å². The van der Waals surface area contributed by atoms with E-state index in [-0.39, 0.29) is 12.5 Å². The maximum Gasteiger partial charge on any atom is 0.248 e. The monoisotopic (exact) mass is 198 g/mol. The van der Waals surface area contributed by atoms with Gasteiger partial charge in [0.15, 0.2) is 0 Å². The van der Waals surface area contributed by atoms with Crippen molar-refractivity contribution in [2.45, 2.75) is 6.42 Å². The summed E-state index contributed by atoms with van der Waals surface area (Å²) in [4.78, 5) is 15.7. The zero-order chi connectivity index (χ0) is 10.2. The summed E-state index contributed by atoms with van der Waals surface area (Å²) in [6, 6.07) is 0. The molecule has 4 nitrogen and oxygen atoms in total. The smallest absolute Gasteiger partial charge is 0.248 e. The van der Waals surface area contributed by atoms with Gasteiger partial charge in [0.25, 0.3) is 0 Å². The number of ether oxygens (including phenoxy) is 1. The minimum atomic E-state index is 0.132. The normalized spacial score (nSPS) is 25.4. The first-order chi connectivity index (χ1) is 6.65. The largest absolute Gasteiger partial charge is 0.375 e. The zero-order valence-corrected chi connectivity index (χ0v) is 8.95. The first-order valence-corrected chi connectivity index (χ1v) is 5.10. The van der Waals surface area contributed by atoms with Crippen LogP contribution in [0.3, 0.4) is 0 Å². The Balaban J connectivity index is 1.81. The molecule has 4 heteroatoms. The van der Waals surface area contributed by atoms with Crippen LogP contribution < -0.4 is 0 Å². The number of rotatable bonds is 2. The third-order valence-electron chi connectivity index (χ3n) is 3.30. The molecule has 2 heterocycles. The van der Waals surface area contributed by atoms with Crippen molar-refractivity contribution >= 4 is 5.91 Å². The molecule has 14 heavy (non-hydrogen) atoms. The van der Waals surface area contributed by atoms with Crippen molar-refractivity contribution in [3.05, 3.63) is 0 Å². The second-order valence-corrected chi connectivity index (χ2v) is 4.67. The molecule has 0 atom stereocenters. The Morgan fingerprint density at radius 2 is 2.14 bits per heavy atom. The Morgan fingerprint density at radius 3 is 2.64 bits per heavy atom. The van der Waals surface area contributed by atoms with Crippen LogP contribution in [0, 0.1) is 5.41 Å². The van der Waals surface area contributed by atoms with E-state index in [1.807, 2.05) is 4.90 Å². The maximum atomic E-state index is 11.4. The zero-order valence-electron chi connectivity index (χ0n) is 8.95. The van der Waals surface area contributed by atoms with E-state index in [2.05, 4.69) is 11.9 Å². The van der Waals surface area contributed by atoms with Gasteiger partial charge in [-0.05, 0) is 20.0 Å². The SMILES string of the molecule is COCC(=O)N1CC2(CCN(C)C2)C1. The Labute approximate surface area is 84.8 Å². The summed E-state index contributed by atoms with van der Waals surface area (Å²) in [5.74, 6) is 0.132. The quantitative estimate of drug-likeness (QED) is 0.616. The molecule has 2 fully saturated rings. The van der Waals surface area contributed by atoms with Crippen LogP contribution in [0.1, 0.15) is 6.42 Å². The molecule has 2 rings (SSSR count). The van der Waals surface area contributed by atoms with Gasteiger partial charge in [-0.2, -0.15) is 0 Å². The highest BCUT2D eigenvalue weighted by molar-refractivity contribution is 5.78. The van der Waals surface area contributed by atoms with E-state index in [4.69, 9.17) is 4.74 Å². The van der Waals surface area contributed by atoms with Crippen molar-refractivity contribution in [2.24, 2.45) is 5.41 Å². The molecule has 0 aromatic heterocycles. The first kappa shape index (κ1) is 9.93. The molecule has 0 aliphatic carbocycles. The Kier molecular flexibility index (Phi) is 2.49. The lowest BCUT2D eigenvalue weighted by molar-refractivity contribution is -0.146. The molecule has 0 unspecified atom stereocenters. The number of amides is 1. The average Bonchev–Trinajstić information content (AvgIpc) is 2.45.